The van der Waals surface area contributed by atoms with E-state index in [9.17, 15) is 4.79 Å². The van der Waals surface area contributed by atoms with E-state index in [0.717, 1.165) is 35.9 Å². The Bertz CT molecular complexity index is 648. The van der Waals surface area contributed by atoms with E-state index in [-0.39, 0.29) is 5.91 Å². The van der Waals surface area contributed by atoms with Crippen molar-refractivity contribution >= 4 is 5.91 Å². The first kappa shape index (κ1) is 11.7. The molecule has 1 amide bonds. The monoisotopic (exact) mass is 268 g/mol. The summed E-state index contributed by atoms with van der Waals surface area (Å²) in [6.07, 6.45) is 4.36. The van der Waals surface area contributed by atoms with E-state index in [1.54, 1.807) is 6.20 Å². The highest BCUT2D eigenvalue weighted by Crippen LogP contribution is 2.57. The Morgan fingerprint density at radius 1 is 1.40 bits per heavy atom. The van der Waals surface area contributed by atoms with Gasteiger partial charge in [-0.25, -0.2) is 4.98 Å². The smallest absolute Gasteiger partial charge is 0.253 e. The van der Waals surface area contributed by atoms with Crippen molar-refractivity contribution in [2.45, 2.75) is 13.3 Å². The highest BCUT2D eigenvalue weighted by Gasteiger charge is 2.57. The van der Waals surface area contributed by atoms with E-state index >= 15 is 0 Å². The number of hydrogen-bond donors (Lipinski definition) is 0. The summed E-state index contributed by atoms with van der Waals surface area (Å²) in [5.74, 6) is 1.58. The average Bonchev–Trinajstić information content (AvgIpc) is 2.90. The van der Waals surface area contributed by atoms with Crippen molar-refractivity contribution in [2.24, 2.45) is 11.3 Å². The van der Waals surface area contributed by atoms with Crippen molar-refractivity contribution in [1.29, 1.82) is 0 Å². The highest BCUT2D eigenvalue weighted by molar-refractivity contribution is 5.95. The van der Waals surface area contributed by atoms with Crippen LogP contribution in [0, 0.1) is 11.3 Å². The summed E-state index contributed by atoms with van der Waals surface area (Å²) < 4.78 is 5.25. The third-order valence-corrected chi connectivity index (χ3v) is 4.67. The average molecular weight is 268 g/mol. The number of fused-ring (bicyclic) bond motifs is 1. The minimum atomic E-state index is 0.141. The Hall–Kier alpha value is -2.10. The predicted molar refractivity (Wildman–Crippen MR) is 74.1 cm³/mol. The first-order valence-electron chi connectivity index (χ1n) is 6.94. The Balaban J connectivity index is 1.53. The maximum Gasteiger partial charge on any atom is 0.253 e. The maximum absolute atomic E-state index is 12.4. The summed E-state index contributed by atoms with van der Waals surface area (Å²) >= 11 is 0. The second-order valence-corrected chi connectivity index (χ2v) is 6.18. The van der Waals surface area contributed by atoms with E-state index in [1.807, 2.05) is 29.2 Å². The normalized spacial score (nSPS) is 27.4. The minimum Gasteiger partial charge on any atom is -0.444 e. The van der Waals surface area contributed by atoms with Crippen LogP contribution >= 0.6 is 0 Å². The lowest BCUT2D eigenvalue weighted by Gasteiger charge is -2.19. The molecule has 102 valence electrons. The third kappa shape index (κ3) is 1.75. The van der Waals surface area contributed by atoms with Crippen LogP contribution in [0.2, 0.25) is 0 Å². The number of hydrogen-bond acceptors (Lipinski definition) is 3. The molecule has 2 fully saturated rings. The Labute approximate surface area is 117 Å². The van der Waals surface area contributed by atoms with Crippen LogP contribution in [-0.4, -0.2) is 28.9 Å². The van der Waals surface area contributed by atoms with Gasteiger partial charge in [-0.1, -0.05) is 19.1 Å². The molecule has 1 aliphatic carbocycles. The van der Waals surface area contributed by atoms with Crippen LogP contribution in [0.15, 0.2) is 41.3 Å². The third-order valence-electron chi connectivity index (χ3n) is 4.67. The van der Waals surface area contributed by atoms with E-state index in [1.165, 1.54) is 12.8 Å². The molecule has 0 bridgehead atoms. The Morgan fingerprint density at radius 3 is 2.80 bits per heavy atom. The van der Waals surface area contributed by atoms with Crippen molar-refractivity contribution in [3.8, 4) is 11.3 Å². The molecule has 4 heteroatoms. The minimum absolute atomic E-state index is 0.141. The van der Waals surface area contributed by atoms with Crippen molar-refractivity contribution < 1.29 is 9.21 Å². The number of piperidine rings is 1. The molecular weight excluding hydrogens is 252 g/mol. The predicted octanol–water partition coefficient (Wildman–Crippen LogP) is 2.82. The quantitative estimate of drug-likeness (QED) is 0.841. The van der Waals surface area contributed by atoms with Crippen LogP contribution in [0.5, 0.6) is 0 Å². The summed E-state index contributed by atoms with van der Waals surface area (Å²) in [4.78, 5) is 18.3. The van der Waals surface area contributed by atoms with Crippen LogP contribution in [0.4, 0.5) is 0 Å². The molecule has 1 saturated carbocycles. The van der Waals surface area contributed by atoms with Gasteiger partial charge in [-0.05, 0) is 29.9 Å². The molecule has 2 atom stereocenters. The summed E-state index contributed by atoms with van der Waals surface area (Å²) in [7, 11) is 0. The largest absolute Gasteiger partial charge is 0.444 e. The number of aromatic nitrogens is 1. The number of benzene rings is 1. The fraction of sp³-hybridized carbons (Fsp3) is 0.375. The molecular formula is C16H16N2O2. The van der Waals surface area contributed by atoms with Crippen LogP contribution in [0.3, 0.4) is 0 Å². The van der Waals surface area contributed by atoms with Gasteiger partial charge in [0.05, 0.1) is 6.20 Å². The Morgan fingerprint density at radius 2 is 2.20 bits per heavy atom. The first-order chi connectivity index (χ1) is 9.66. The van der Waals surface area contributed by atoms with Crippen LogP contribution in [0.1, 0.15) is 23.7 Å². The number of likely N-dealkylation sites (tertiary alicyclic amines) is 1. The molecule has 4 rings (SSSR count). The number of oxazole rings is 1. The number of amides is 1. The summed E-state index contributed by atoms with van der Waals surface area (Å²) in [6.45, 7) is 4.09. The zero-order valence-electron chi connectivity index (χ0n) is 11.4. The van der Waals surface area contributed by atoms with Gasteiger partial charge in [0.15, 0.2) is 12.2 Å². The fourth-order valence-corrected chi connectivity index (χ4v) is 3.22. The molecule has 2 aromatic rings. The zero-order chi connectivity index (χ0) is 13.7. The summed E-state index contributed by atoms with van der Waals surface area (Å²) in [5, 5.41) is 0. The molecule has 4 nitrogen and oxygen atoms in total. The fourth-order valence-electron chi connectivity index (χ4n) is 3.22. The molecule has 0 radical (unpaired) electrons. The summed E-state index contributed by atoms with van der Waals surface area (Å²) in [5.41, 5.74) is 2.09. The van der Waals surface area contributed by atoms with Gasteiger partial charge in [-0.15, -0.1) is 0 Å². The topological polar surface area (TPSA) is 46.3 Å². The van der Waals surface area contributed by atoms with Crippen LogP contribution < -0.4 is 0 Å². The van der Waals surface area contributed by atoms with Crippen molar-refractivity contribution in [3.05, 3.63) is 42.4 Å². The Kier molecular flexibility index (Phi) is 2.31. The molecule has 1 saturated heterocycles. The van der Waals surface area contributed by atoms with Gasteiger partial charge in [0.2, 0.25) is 0 Å². The molecule has 2 unspecified atom stereocenters. The number of carbonyl (C=O) groups excluding carboxylic acids is 1. The van der Waals surface area contributed by atoms with Gasteiger partial charge >= 0.3 is 0 Å². The molecule has 2 heterocycles. The van der Waals surface area contributed by atoms with Gasteiger partial charge in [0.1, 0.15) is 0 Å². The molecule has 1 aromatic heterocycles. The van der Waals surface area contributed by atoms with Gasteiger partial charge in [-0.2, -0.15) is 0 Å². The second kappa shape index (κ2) is 3.95. The maximum atomic E-state index is 12.4. The van der Waals surface area contributed by atoms with Crippen molar-refractivity contribution in [3.63, 3.8) is 0 Å². The molecule has 2 aliphatic rings. The second-order valence-electron chi connectivity index (χ2n) is 6.18. The lowest BCUT2D eigenvalue weighted by atomic mass is 10.1. The van der Waals surface area contributed by atoms with E-state index in [2.05, 4.69) is 11.9 Å². The van der Waals surface area contributed by atoms with E-state index < -0.39 is 0 Å². The number of rotatable bonds is 2. The SMILES string of the molecule is CC12CC1CN(C(=O)c1ccc(-c3cnco3)cc1)C2. The van der Waals surface area contributed by atoms with Crippen molar-refractivity contribution in [2.75, 3.05) is 13.1 Å². The molecule has 1 aliphatic heterocycles. The van der Waals surface area contributed by atoms with Gasteiger partial charge < -0.3 is 9.32 Å². The zero-order valence-corrected chi connectivity index (χ0v) is 11.4. The van der Waals surface area contributed by atoms with Crippen molar-refractivity contribution in [1.82, 2.24) is 9.88 Å². The van der Waals surface area contributed by atoms with Gasteiger partial charge in [0, 0.05) is 24.2 Å². The number of nitrogens with zero attached hydrogens (tertiary/aromatic N) is 2. The lowest BCUT2D eigenvalue weighted by molar-refractivity contribution is 0.0767. The van der Waals surface area contributed by atoms with E-state index in [4.69, 9.17) is 4.42 Å². The first-order valence-corrected chi connectivity index (χ1v) is 6.94. The number of carbonyl (C=O) groups is 1. The molecule has 1 aromatic carbocycles. The van der Waals surface area contributed by atoms with Crippen LogP contribution in [0.25, 0.3) is 11.3 Å². The lowest BCUT2D eigenvalue weighted by Crippen LogP contribution is -2.31. The molecule has 20 heavy (non-hydrogen) atoms. The van der Waals surface area contributed by atoms with Gasteiger partial charge in [-0.3, -0.25) is 4.79 Å². The highest BCUT2D eigenvalue weighted by atomic mass is 16.3. The summed E-state index contributed by atoms with van der Waals surface area (Å²) in [6, 6.07) is 7.55. The van der Waals surface area contributed by atoms with Crippen LogP contribution in [-0.2, 0) is 0 Å². The molecule has 0 N–H and O–H groups in total. The molecule has 0 spiro atoms. The van der Waals surface area contributed by atoms with Gasteiger partial charge in [0.25, 0.3) is 5.91 Å². The van der Waals surface area contributed by atoms with E-state index in [0.29, 0.717) is 5.41 Å². The standard InChI is InChI=1S/C16H16N2O2/c1-16-6-13(16)8-18(9-16)15(19)12-4-2-11(3-5-12)14-7-17-10-20-14/h2-5,7,10,13H,6,8-9H2,1H3.